The van der Waals surface area contributed by atoms with Gasteiger partial charge >= 0.3 is 0 Å². The monoisotopic (exact) mass is 302 g/mol. The van der Waals surface area contributed by atoms with Crippen molar-refractivity contribution in [3.8, 4) is 11.3 Å². The fourth-order valence-corrected chi connectivity index (χ4v) is 2.34. The largest absolute Gasteiger partial charge is 0.403 e. The lowest BCUT2D eigenvalue weighted by atomic mass is 10.1. The Morgan fingerprint density at radius 3 is 2.57 bits per heavy atom. The SMILES string of the molecule is N/C=C\N/C=C(\N)c1ccc2ccc(-c3ccccc3)nc2c1. The van der Waals surface area contributed by atoms with Gasteiger partial charge in [-0.25, -0.2) is 4.98 Å². The molecule has 0 aliphatic carbocycles. The van der Waals surface area contributed by atoms with Gasteiger partial charge in [-0.1, -0.05) is 48.5 Å². The maximum Gasteiger partial charge on any atom is 0.0716 e. The summed E-state index contributed by atoms with van der Waals surface area (Å²) in [6, 6.07) is 20.2. The zero-order valence-corrected chi connectivity index (χ0v) is 12.6. The predicted molar refractivity (Wildman–Crippen MR) is 95.8 cm³/mol. The van der Waals surface area contributed by atoms with E-state index in [4.69, 9.17) is 16.5 Å². The van der Waals surface area contributed by atoms with Crippen LogP contribution < -0.4 is 16.8 Å². The smallest absolute Gasteiger partial charge is 0.0716 e. The molecule has 0 saturated carbocycles. The normalized spacial score (nSPS) is 11.9. The third kappa shape index (κ3) is 3.32. The Bertz CT molecular complexity index is 867. The lowest BCUT2D eigenvalue weighted by molar-refractivity contribution is 1.18. The molecule has 3 aromatic rings. The van der Waals surface area contributed by atoms with Crippen LogP contribution in [0, 0.1) is 0 Å². The number of fused-ring (bicyclic) bond motifs is 1. The van der Waals surface area contributed by atoms with Crippen LogP contribution >= 0.6 is 0 Å². The lowest BCUT2D eigenvalue weighted by Crippen LogP contribution is -2.03. The van der Waals surface area contributed by atoms with E-state index in [0.29, 0.717) is 5.70 Å². The summed E-state index contributed by atoms with van der Waals surface area (Å²) in [5.74, 6) is 0. The molecular formula is C19H18N4. The molecule has 3 rings (SSSR count). The number of nitrogens with two attached hydrogens (primary N) is 2. The van der Waals surface area contributed by atoms with E-state index in [1.807, 2.05) is 42.5 Å². The fraction of sp³-hybridized carbons (Fsp3) is 0. The number of hydrogen-bond donors (Lipinski definition) is 3. The highest BCUT2D eigenvalue weighted by atomic mass is 14.8. The molecule has 0 radical (unpaired) electrons. The average Bonchev–Trinajstić information content (AvgIpc) is 2.61. The van der Waals surface area contributed by atoms with Crippen LogP contribution in [0.15, 0.2) is 79.3 Å². The fourth-order valence-electron chi connectivity index (χ4n) is 2.34. The highest BCUT2D eigenvalue weighted by molar-refractivity contribution is 5.84. The Labute approximate surface area is 135 Å². The van der Waals surface area contributed by atoms with Crippen molar-refractivity contribution in [2.24, 2.45) is 11.5 Å². The summed E-state index contributed by atoms with van der Waals surface area (Å²) in [5, 5.41) is 3.99. The number of nitrogens with one attached hydrogen (secondary N) is 1. The molecule has 1 aromatic heterocycles. The molecule has 0 spiro atoms. The third-order valence-corrected chi connectivity index (χ3v) is 3.53. The lowest BCUT2D eigenvalue weighted by Gasteiger charge is -2.06. The first-order chi connectivity index (χ1) is 11.3. The van der Waals surface area contributed by atoms with Gasteiger partial charge in [0.05, 0.1) is 16.9 Å². The van der Waals surface area contributed by atoms with Crippen LogP contribution in [0.4, 0.5) is 0 Å². The number of benzene rings is 2. The molecule has 0 saturated heterocycles. The first-order valence-corrected chi connectivity index (χ1v) is 7.33. The van der Waals surface area contributed by atoms with Crippen molar-refractivity contribution in [2.45, 2.75) is 0 Å². The number of nitrogens with zero attached hydrogens (tertiary/aromatic N) is 1. The van der Waals surface area contributed by atoms with Gasteiger partial charge in [0.25, 0.3) is 0 Å². The highest BCUT2D eigenvalue weighted by Crippen LogP contribution is 2.22. The van der Waals surface area contributed by atoms with E-state index in [1.54, 1.807) is 12.4 Å². The van der Waals surface area contributed by atoms with E-state index in [-0.39, 0.29) is 0 Å². The minimum atomic E-state index is 0.622. The summed E-state index contributed by atoms with van der Waals surface area (Å²) in [4.78, 5) is 4.75. The van der Waals surface area contributed by atoms with Crippen molar-refractivity contribution in [3.63, 3.8) is 0 Å². The molecule has 0 atom stereocenters. The van der Waals surface area contributed by atoms with Gasteiger partial charge in [-0.3, -0.25) is 0 Å². The maximum atomic E-state index is 6.07. The third-order valence-electron chi connectivity index (χ3n) is 3.53. The zero-order chi connectivity index (χ0) is 16.1. The van der Waals surface area contributed by atoms with Gasteiger partial charge in [0.15, 0.2) is 0 Å². The van der Waals surface area contributed by atoms with Gasteiger partial charge in [0.2, 0.25) is 0 Å². The number of pyridine rings is 1. The molecule has 23 heavy (non-hydrogen) atoms. The molecule has 4 heteroatoms. The second-order valence-electron chi connectivity index (χ2n) is 5.10. The first kappa shape index (κ1) is 14.7. The molecule has 0 unspecified atom stereocenters. The van der Waals surface area contributed by atoms with E-state index >= 15 is 0 Å². The maximum absolute atomic E-state index is 6.07. The molecule has 4 nitrogen and oxygen atoms in total. The van der Waals surface area contributed by atoms with Gasteiger partial charge < -0.3 is 16.8 Å². The highest BCUT2D eigenvalue weighted by Gasteiger charge is 2.03. The molecular weight excluding hydrogens is 284 g/mol. The van der Waals surface area contributed by atoms with E-state index < -0.39 is 0 Å². The van der Waals surface area contributed by atoms with Gasteiger partial charge in [-0.05, 0) is 12.1 Å². The van der Waals surface area contributed by atoms with Crippen LogP contribution in [-0.2, 0) is 0 Å². The zero-order valence-electron chi connectivity index (χ0n) is 12.6. The van der Waals surface area contributed by atoms with Gasteiger partial charge in [0, 0.05) is 35.1 Å². The predicted octanol–water partition coefficient (Wildman–Crippen LogP) is 3.18. The molecule has 0 aliphatic rings. The Hall–Kier alpha value is -3.27. The van der Waals surface area contributed by atoms with E-state index in [9.17, 15) is 0 Å². The van der Waals surface area contributed by atoms with Gasteiger partial charge in [0.1, 0.15) is 0 Å². The van der Waals surface area contributed by atoms with Crippen molar-refractivity contribution >= 4 is 16.6 Å². The minimum absolute atomic E-state index is 0.622. The quantitative estimate of drug-likeness (QED) is 0.692. The van der Waals surface area contributed by atoms with Crippen LogP contribution in [0.25, 0.3) is 27.9 Å². The Balaban J connectivity index is 1.99. The molecule has 0 aliphatic heterocycles. The number of hydrogen-bond acceptors (Lipinski definition) is 4. The molecule has 1 heterocycles. The second-order valence-corrected chi connectivity index (χ2v) is 5.10. The number of rotatable bonds is 4. The molecule has 114 valence electrons. The number of aromatic nitrogens is 1. The summed E-state index contributed by atoms with van der Waals surface area (Å²) in [6.45, 7) is 0. The second kappa shape index (κ2) is 6.66. The van der Waals surface area contributed by atoms with Crippen LogP contribution in [-0.4, -0.2) is 4.98 Å². The van der Waals surface area contributed by atoms with Crippen LogP contribution in [0.2, 0.25) is 0 Å². The molecule has 2 aromatic carbocycles. The topological polar surface area (TPSA) is 77.0 Å². The van der Waals surface area contributed by atoms with Crippen LogP contribution in [0.1, 0.15) is 5.56 Å². The van der Waals surface area contributed by atoms with Crippen LogP contribution in [0.3, 0.4) is 0 Å². The molecule has 0 fully saturated rings. The molecule has 0 bridgehead atoms. The van der Waals surface area contributed by atoms with Crippen molar-refractivity contribution in [1.82, 2.24) is 10.3 Å². The first-order valence-electron chi connectivity index (χ1n) is 7.33. The van der Waals surface area contributed by atoms with Crippen molar-refractivity contribution < 1.29 is 0 Å². The van der Waals surface area contributed by atoms with Crippen LogP contribution in [0.5, 0.6) is 0 Å². The standard InChI is InChI=1S/C19H18N4/c20-10-11-22-13-17(21)16-7-6-15-8-9-18(23-19(15)12-16)14-4-2-1-3-5-14/h1-13,22H,20-21H2/b11-10-,17-13-. The Morgan fingerprint density at radius 1 is 1.00 bits per heavy atom. The van der Waals surface area contributed by atoms with Crippen molar-refractivity contribution in [2.75, 3.05) is 0 Å². The summed E-state index contributed by atoms with van der Waals surface area (Å²) in [7, 11) is 0. The minimum Gasteiger partial charge on any atom is -0.403 e. The van der Waals surface area contributed by atoms with Gasteiger partial charge in [-0.2, -0.15) is 0 Å². The van der Waals surface area contributed by atoms with E-state index in [1.165, 1.54) is 6.20 Å². The Morgan fingerprint density at radius 2 is 1.78 bits per heavy atom. The van der Waals surface area contributed by atoms with Crippen molar-refractivity contribution in [1.29, 1.82) is 0 Å². The molecule has 0 amide bonds. The summed E-state index contributed by atoms with van der Waals surface area (Å²) >= 11 is 0. The van der Waals surface area contributed by atoms with E-state index in [0.717, 1.165) is 27.7 Å². The van der Waals surface area contributed by atoms with Gasteiger partial charge in [-0.15, -0.1) is 0 Å². The molecule has 5 N–H and O–H groups in total. The summed E-state index contributed by atoms with van der Waals surface area (Å²) in [6.07, 6.45) is 4.73. The average molecular weight is 302 g/mol. The summed E-state index contributed by atoms with van der Waals surface area (Å²) in [5.41, 5.74) is 15.8. The Kier molecular flexibility index (Phi) is 4.25. The van der Waals surface area contributed by atoms with E-state index in [2.05, 4.69) is 23.5 Å². The summed E-state index contributed by atoms with van der Waals surface area (Å²) < 4.78 is 0. The van der Waals surface area contributed by atoms with Crippen molar-refractivity contribution in [3.05, 3.63) is 84.8 Å².